The third-order valence-electron chi connectivity index (χ3n) is 5.78. The number of nitrogens with one attached hydrogen (secondary N) is 3. The lowest BCUT2D eigenvalue weighted by Gasteiger charge is -2.28. The molecule has 3 aromatic rings. The number of nitrogens with zero attached hydrogens (tertiary/aromatic N) is 3. The Balaban J connectivity index is 1.49. The molecule has 1 aliphatic rings. The van der Waals surface area contributed by atoms with Crippen molar-refractivity contribution in [2.24, 2.45) is 5.92 Å². The van der Waals surface area contributed by atoms with E-state index in [1.807, 2.05) is 13.8 Å². The number of anilines is 4. The molecular weight excluding hydrogens is 504 g/mol. The minimum absolute atomic E-state index is 0.0227. The van der Waals surface area contributed by atoms with Crippen LogP contribution in [0.3, 0.4) is 0 Å². The van der Waals surface area contributed by atoms with Crippen LogP contribution >= 0.6 is 0 Å². The zero-order valence-electron chi connectivity index (χ0n) is 20.9. The molecule has 1 saturated heterocycles. The molecule has 38 heavy (non-hydrogen) atoms. The van der Waals surface area contributed by atoms with Crippen LogP contribution in [-0.4, -0.2) is 42.2 Å². The SMILES string of the molecule is CC(C)Cc1cc(Nc2cccc(C(F)(F)F)c2)ccc1C(=O)NNc1ncc(F)c(N2CCOCC2)n1. The molecule has 0 atom stereocenters. The minimum Gasteiger partial charge on any atom is -0.378 e. The summed E-state index contributed by atoms with van der Waals surface area (Å²) in [6.45, 7) is 5.87. The average Bonchev–Trinajstić information content (AvgIpc) is 2.88. The van der Waals surface area contributed by atoms with Gasteiger partial charge in [-0.1, -0.05) is 19.9 Å². The molecule has 202 valence electrons. The van der Waals surface area contributed by atoms with E-state index in [4.69, 9.17) is 4.74 Å². The van der Waals surface area contributed by atoms with Crippen molar-refractivity contribution in [2.45, 2.75) is 26.4 Å². The maximum Gasteiger partial charge on any atom is 0.416 e. The number of ether oxygens (including phenoxy) is 1. The van der Waals surface area contributed by atoms with Crippen LogP contribution in [0, 0.1) is 11.7 Å². The zero-order valence-corrected chi connectivity index (χ0v) is 20.9. The number of halogens is 4. The molecule has 0 unspecified atom stereocenters. The molecule has 2 heterocycles. The highest BCUT2D eigenvalue weighted by Crippen LogP contribution is 2.32. The Kier molecular flexibility index (Phi) is 8.30. The predicted octanol–water partition coefficient (Wildman–Crippen LogP) is 5.17. The van der Waals surface area contributed by atoms with Crippen molar-refractivity contribution in [3.63, 3.8) is 0 Å². The fourth-order valence-electron chi connectivity index (χ4n) is 4.04. The van der Waals surface area contributed by atoms with Crippen molar-refractivity contribution >= 4 is 29.0 Å². The summed E-state index contributed by atoms with van der Waals surface area (Å²) in [5, 5.41) is 2.98. The quantitative estimate of drug-likeness (QED) is 0.272. The van der Waals surface area contributed by atoms with Crippen molar-refractivity contribution in [1.29, 1.82) is 0 Å². The molecule has 1 fully saturated rings. The van der Waals surface area contributed by atoms with Crippen molar-refractivity contribution in [3.05, 3.63) is 71.2 Å². The van der Waals surface area contributed by atoms with Gasteiger partial charge in [-0.15, -0.1) is 0 Å². The van der Waals surface area contributed by atoms with Gasteiger partial charge in [-0.3, -0.25) is 15.6 Å². The lowest BCUT2D eigenvalue weighted by molar-refractivity contribution is -0.137. The average molecular weight is 533 g/mol. The summed E-state index contributed by atoms with van der Waals surface area (Å²) in [5.41, 5.74) is 6.32. The number of aromatic nitrogens is 2. The second kappa shape index (κ2) is 11.6. The van der Waals surface area contributed by atoms with Gasteiger partial charge in [-0.25, -0.2) is 9.37 Å². The number of alkyl halides is 3. The number of hydrogen-bond acceptors (Lipinski definition) is 7. The van der Waals surface area contributed by atoms with Gasteiger partial charge < -0.3 is 15.0 Å². The summed E-state index contributed by atoms with van der Waals surface area (Å²) in [5.74, 6) is -0.700. The third-order valence-corrected chi connectivity index (χ3v) is 5.78. The second-order valence-corrected chi connectivity index (χ2v) is 9.22. The van der Waals surface area contributed by atoms with E-state index in [2.05, 4.69) is 26.1 Å². The summed E-state index contributed by atoms with van der Waals surface area (Å²) in [6, 6.07) is 9.84. The Morgan fingerprint density at radius 2 is 1.84 bits per heavy atom. The molecule has 0 saturated carbocycles. The van der Waals surface area contributed by atoms with Crippen LogP contribution in [0.25, 0.3) is 0 Å². The van der Waals surface area contributed by atoms with E-state index in [-0.39, 0.29) is 23.4 Å². The standard InChI is InChI=1S/C26H28F4N6O2/c1-16(2)12-17-13-20(32-19-5-3-4-18(14-19)26(28,29)30)6-7-21(17)24(37)34-35-25-31-15-22(27)23(33-25)36-8-10-38-11-9-36/h3-7,13-16,32H,8-12H2,1-2H3,(H,34,37)(H,31,33,35). The van der Waals surface area contributed by atoms with Crippen molar-refractivity contribution in [1.82, 2.24) is 15.4 Å². The molecule has 12 heteroatoms. The first-order valence-corrected chi connectivity index (χ1v) is 12.1. The first kappa shape index (κ1) is 27.1. The Morgan fingerprint density at radius 1 is 1.11 bits per heavy atom. The number of carbonyl (C=O) groups excluding carboxylic acids is 1. The van der Waals surface area contributed by atoms with Crippen LogP contribution in [0.1, 0.15) is 35.3 Å². The van der Waals surface area contributed by atoms with Crippen LogP contribution < -0.4 is 21.1 Å². The van der Waals surface area contributed by atoms with Gasteiger partial charge in [0, 0.05) is 30.0 Å². The molecule has 0 radical (unpaired) electrons. The highest BCUT2D eigenvalue weighted by Gasteiger charge is 2.30. The molecule has 0 spiro atoms. The van der Waals surface area contributed by atoms with E-state index in [1.54, 1.807) is 23.1 Å². The Labute approximate surface area is 217 Å². The molecule has 0 bridgehead atoms. The largest absolute Gasteiger partial charge is 0.416 e. The molecule has 4 rings (SSSR count). The van der Waals surface area contributed by atoms with Crippen LogP contribution in [0.2, 0.25) is 0 Å². The number of hydrazine groups is 1. The maximum absolute atomic E-state index is 14.3. The summed E-state index contributed by atoms with van der Waals surface area (Å²) in [7, 11) is 0. The maximum atomic E-state index is 14.3. The summed E-state index contributed by atoms with van der Waals surface area (Å²) in [6.07, 6.45) is -2.87. The molecule has 2 aromatic carbocycles. The number of rotatable bonds is 8. The van der Waals surface area contributed by atoms with Crippen LogP contribution in [0.15, 0.2) is 48.7 Å². The van der Waals surface area contributed by atoms with Crippen LogP contribution in [0.4, 0.5) is 40.7 Å². The summed E-state index contributed by atoms with van der Waals surface area (Å²) >= 11 is 0. The van der Waals surface area contributed by atoms with Crippen molar-refractivity contribution < 1.29 is 27.1 Å². The van der Waals surface area contributed by atoms with E-state index in [9.17, 15) is 22.4 Å². The third kappa shape index (κ3) is 6.88. The number of benzene rings is 2. The topological polar surface area (TPSA) is 91.4 Å². The number of carbonyl (C=O) groups is 1. The van der Waals surface area contributed by atoms with Crippen LogP contribution in [-0.2, 0) is 17.3 Å². The molecule has 3 N–H and O–H groups in total. The Hall–Kier alpha value is -3.93. The van der Waals surface area contributed by atoms with Gasteiger partial charge in [0.2, 0.25) is 5.95 Å². The van der Waals surface area contributed by atoms with Gasteiger partial charge in [0.1, 0.15) is 0 Å². The highest BCUT2D eigenvalue weighted by atomic mass is 19.4. The van der Waals surface area contributed by atoms with E-state index in [0.717, 1.165) is 18.3 Å². The van der Waals surface area contributed by atoms with E-state index >= 15 is 0 Å². The first-order valence-electron chi connectivity index (χ1n) is 12.1. The molecule has 0 aliphatic carbocycles. The lowest BCUT2D eigenvalue weighted by atomic mass is 9.97. The lowest BCUT2D eigenvalue weighted by Crippen LogP contribution is -2.38. The van der Waals surface area contributed by atoms with Gasteiger partial charge in [-0.2, -0.15) is 18.2 Å². The number of morpholine rings is 1. The molecule has 1 aliphatic heterocycles. The summed E-state index contributed by atoms with van der Waals surface area (Å²) < 4.78 is 58.8. The summed E-state index contributed by atoms with van der Waals surface area (Å²) in [4.78, 5) is 22.8. The van der Waals surface area contributed by atoms with Crippen LogP contribution in [0.5, 0.6) is 0 Å². The van der Waals surface area contributed by atoms with E-state index in [1.165, 1.54) is 12.1 Å². The minimum atomic E-state index is -4.45. The smallest absolute Gasteiger partial charge is 0.378 e. The first-order chi connectivity index (χ1) is 18.1. The fourth-order valence-corrected chi connectivity index (χ4v) is 4.04. The predicted molar refractivity (Wildman–Crippen MR) is 136 cm³/mol. The van der Waals surface area contributed by atoms with Gasteiger partial charge in [0.05, 0.1) is 25.0 Å². The molecule has 8 nitrogen and oxygen atoms in total. The monoisotopic (exact) mass is 532 g/mol. The van der Waals surface area contributed by atoms with Crippen molar-refractivity contribution in [3.8, 4) is 0 Å². The molecule has 1 aromatic heterocycles. The van der Waals surface area contributed by atoms with E-state index < -0.39 is 23.5 Å². The Morgan fingerprint density at radius 3 is 2.55 bits per heavy atom. The van der Waals surface area contributed by atoms with Gasteiger partial charge >= 0.3 is 6.18 Å². The number of hydrogen-bond donors (Lipinski definition) is 3. The normalized spacial score (nSPS) is 13.9. The molecular formula is C26H28F4N6O2. The van der Waals surface area contributed by atoms with Gasteiger partial charge in [0.15, 0.2) is 11.6 Å². The van der Waals surface area contributed by atoms with Gasteiger partial charge in [0.25, 0.3) is 5.91 Å². The van der Waals surface area contributed by atoms with Gasteiger partial charge in [-0.05, 0) is 54.3 Å². The highest BCUT2D eigenvalue weighted by molar-refractivity contribution is 5.96. The molecule has 1 amide bonds. The zero-order chi connectivity index (χ0) is 27.3. The number of amides is 1. The Bertz CT molecular complexity index is 1280. The fraction of sp³-hybridized carbons (Fsp3) is 0.346. The van der Waals surface area contributed by atoms with Crippen molar-refractivity contribution in [2.75, 3.05) is 41.9 Å². The van der Waals surface area contributed by atoms with E-state index in [0.29, 0.717) is 49.5 Å². The second-order valence-electron chi connectivity index (χ2n) is 9.22.